The Morgan fingerprint density at radius 1 is 1.27 bits per heavy atom. The molecule has 0 aliphatic heterocycles. The van der Waals surface area contributed by atoms with Gasteiger partial charge in [0.05, 0.1) is 10.5 Å². The van der Waals surface area contributed by atoms with Crippen LogP contribution in [-0.4, -0.2) is 17.0 Å². The Kier molecular flexibility index (Phi) is 3.27. The van der Waals surface area contributed by atoms with Crippen molar-refractivity contribution >= 4 is 11.7 Å². The Hall–Kier alpha value is -1.91. The number of nitrogens with zero attached hydrogens (tertiary/aromatic N) is 1. The van der Waals surface area contributed by atoms with Crippen molar-refractivity contribution in [3.8, 4) is 0 Å². The molecule has 118 valence electrons. The van der Waals surface area contributed by atoms with Crippen molar-refractivity contribution in [1.82, 2.24) is 0 Å². The lowest BCUT2D eigenvalue weighted by Crippen LogP contribution is -2.43. The average molecular weight is 303 g/mol. The van der Waals surface area contributed by atoms with E-state index in [0.29, 0.717) is 11.5 Å². The van der Waals surface area contributed by atoms with Crippen LogP contribution in [-0.2, 0) is 4.74 Å². The standard InChI is InChI=1S/C17H21NO4/c1-16(2)12-8-9-17(3,10-12)15(16)22-14(19)11-4-6-13(7-5-11)18(20)21/h4-7,12,15H,8-10H2,1-3H3. The Bertz CT molecular complexity index is 617. The van der Waals surface area contributed by atoms with Crippen LogP contribution in [0.4, 0.5) is 5.69 Å². The van der Waals surface area contributed by atoms with Gasteiger partial charge in [0.1, 0.15) is 6.10 Å². The second kappa shape index (κ2) is 4.80. The van der Waals surface area contributed by atoms with Gasteiger partial charge in [-0.05, 0) is 37.3 Å². The molecule has 2 fully saturated rings. The zero-order chi connectivity index (χ0) is 16.1. The topological polar surface area (TPSA) is 69.4 Å². The van der Waals surface area contributed by atoms with E-state index in [9.17, 15) is 14.9 Å². The molecule has 1 aromatic rings. The lowest BCUT2D eigenvalue weighted by molar-refractivity contribution is -0.384. The number of benzene rings is 1. The summed E-state index contributed by atoms with van der Waals surface area (Å²) in [5.41, 5.74) is 0.394. The number of fused-ring (bicyclic) bond motifs is 2. The van der Waals surface area contributed by atoms with Crippen molar-refractivity contribution in [3.05, 3.63) is 39.9 Å². The number of carbonyl (C=O) groups is 1. The summed E-state index contributed by atoms with van der Waals surface area (Å²) in [7, 11) is 0. The first-order valence-corrected chi connectivity index (χ1v) is 7.69. The zero-order valence-electron chi connectivity index (χ0n) is 13.2. The first-order valence-electron chi connectivity index (χ1n) is 7.69. The van der Waals surface area contributed by atoms with Crippen LogP contribution in [0.3, 0.4) is 0 Å². The molecule has 2 aliphatic carbocycles. The van der Waals surface area contributed by atoms with Gasteiger partial charge >= 0.3 is 5.97 Å². The van der Waals surface area contributed by atoms with E-state index in [-0.39, 0.29) is 28.6 Å². The van der Waals surface area contributed by atoms with Gasteiger partial charge < -0.3 is 4.74 Å². The van der Waals surface area contributed by atoms with Gasteiger partial charge in [-0.1, -0.05) is 20.8 Å². The van der Waals surface area contributed by atoms with Crippen LogP contribution < -0.4 is 0 Å². The molecule has 3 unspecified atom stereocenters. The highest BCUT2D eigenvalue weighted by atomic mass is 16.6. The van der Waals surface area contributed by atoms with Crippen LogP contribution in [0.25, 0.3) is 0 Å². The molecule has 0 amide bonds. The molecule has 2 aliphatic rings. The van der Waals surface area contributed by atoms with E-state index in [0.717, 1.165) is 12.8 Å². The zero-order valence-corrected chi connectivity index (χ0v) is 13.2. The van der Waals surface area contributed by atoms with Gasteiger partial charge in [-0.2, -0.15) is 0 Å². The highest BCUT2D eigenvalue weighted by Gasteiger charge is 2.61. The molecular formula is C17H21NO4. The highest BCUT2D eigenvalue weighted by molar-refractivity contribution is 5.89. The molecule has 22 heavy (non-hydrogen) atoms. The van der Waals surface area contributed by atoms with Crippen LogP contribution >= 0.6 is 0 Å². The van der Waals surface area contributed by atoms with Gasteiger partial charge in [-0.15, -0.1) is 0 Å². The number of nitro benzene ring substituents is 1. The Morgan fingerprint density at radius 2 is 1.91 bits per heavy atom. The number of carbonyl (C=O) groups excluding carboxylic acids is 1. The Morgan fingerprint density at radius 3 is 2.41 bits per heavy atom. The van der Waals surface area contributed by atoms with Crippen molar-refractivity contribution in [1.29, 1.82) is 0 Å². The first-order chi connectivity index (χ1) is 10.2. The number of hydrogen-bond donors (Lipinski definition) is 0. The fourth-order valence-corrected chi connectivity index (χ4v) is 4.44. The maximum atomic E-state index is 12.4. The van der Waals surface area contributed by atoms with E-state index in [1.54, 1.807) is 0 Å². The van der Waals surface area contributed by atoms with Crippen LogP contribution in [0.1, 0.15) is 50.4 Å². The van der Waals surface area contributed by atoms with Crippen molar-refractivity contribution in [2.75, 3.05) is 0 Å². The van der Waals surface area contributed by atoms with Crippen LogP contribution in [0.5, 0.6) is 0 Å². The van der Waals surface area contributed by atoms with E-state index >= 15 is 0 Å². The average Bonchev–Trinajstić information content (AvgIpc) is 2.94. The lowest BCUT2D eigenvalue weighted by Gasteiger charge is -2.41. The minimum atomic E-state index is -0.477. The number of ether oxygens (including phenoxy) is 1. The number of rotatable bonds is 3. The number of hydrogen-bond acceptors (Lipinski definition) is 4. The van der Waals surface area contributed by atoms with Crippen LogP contribution in [0.2, 0.25) is 0 Å². The van der Waals surface area contributed by atoms with E-state index < -0.39 is 4.92 Å². The van der Waals surface area contributed by atoms with Crippen molar-refractivity contribution in [2.45, 2.75) is 46.1 Å². The monoisotopic (exact) mass is 303 g/mol. The highest BCUT2D eigenvalue weighted by Crippen LogP contribution is 2.63. The molecule has 2 bridgehead atoms. The molecule has 3 rings (SSSR count). The predicted octanol–water partition coefficient (Wildman–Crippen LogP) is 3.97. The third kappa shape index (κ3) is 2.19. The number of esters is 1. The number of nitro groups is 1. The van der Waals surface area contributed by atoms with Gasteiger partial charge in [-0.3, -0.25) is 10.1 Å². The molecule has 0 saturated heterocycles. The van der Waals surface area contributed by atoms with E-state index in [2.05, 4.69) is 20.8 Å². The van der Waals surface area contributed by atoms with Crippen molar-refractivity contribution in [3.63, 3.8) is 0 Å². The summed E-state index contributed by atoms with van der Waals surface area (Å²) >= 11 is 0. The van der Waals surface area contributed by atoms with Crippen molar-refractivity contribution < 1.29 is 14.5 Å². The summed E-state index contributed by atoms with van der Waals surface area (Å²) in [6, 6.07) is 5.60. The van der Waals surface area contributed by atoms with Gasteiger partial charge in [-0.25, -0.2) is 4.79 Å². The molecule has 5 heteroatoms. The normalized spacial score (nSPS) is 32.0. The fraction of sp³-hybridized carbons (Fsp3) is 0.588. The van der Waals surface area contributed by atoms with Crippen LogP contribution in [0, 0.1) is 26.9 Å². The van der Waals surface area contributed by atoms with Crippen molar-refractivity contribution in [2.24, 2.45) is 16.7 Å². The maximum Gasteiger partial charge on any atom is 0.338 e. The molecule has 1 aromatic carbocycles. The Labute approximate surface area is 129 Å². The largest absolute Gasteiger partial charge is 0.458 e. The van der Waals surface area contributed by atoms with E-state index in [1.807, 2.05) is 0 Å². The SMILES string of the molecule is CC12CCC(C1)C(C)(C)C2OC(=O)c1ccc([N+](=O)[O-])cc1. The molecule has 2 saturated carbocycles. The smallest absolute Gasteiger partial charge is 0.338 e. The van der Waals surface area contributed by atoms with Gasteiger partial charge in [0.25, 0.3) is 5.69 Å². The fourth-order valence-electron chi connectivity index (χ4n) is 4.44. The second-order valence-electron chi connectivity index (χ2n) is 7.50. The maximum absolute atomic E-state index is 12.4. The van der Waals surface area contributed by atoms with E-state index in [1.165, 1.54) is 30.7 Å². The second-order valence-corrected chi connectivity index (χ2v) is 7.50. The molecule has 0 N–H and O–H groups in total. The summed E-state index contributed by atoms with van der Waals surface area (Å²) in [6.45, 7) is 6.56. The summed E-state index contributed by atoms with van der Waals surface area (Å²) < 4.78 is 5.84. The molecule has 0 radical (unpaired) electrons. The lowest BCUT2D eigenvalue weighted by atomic mass is 9.70. The van der Waals surface area contributed by atoms with Gasteiger partial charge in [0.2, 0.25) is 0 Å². The summed E-state index contributed by atoms with van der Waals surface area (Å²) in [5, 5.41) is 10.7. The number of non-ortho nitro benzene ring substituents is 1. The predicted molar refractivity (Wildman–Crippen MR) is 81.5 cm³/mol. The van der Waals surface area contributed by atoms with Gasteiger partial charge in [0, 0.05) is 23.0 Å². The minimum absolute atomic E-state index is 0.0105. The quantitative estimate of drug-likeness (QED) is 0.481. The summed E-state index contributed by atoms with van der Waals surface area (Å²) in [5.74, 6) is 0.217. The third-order valence-corrected chi connectivity index (χ3v) is 5.68. The van der Waals surface area contributed by atoms with Gasteiger partial charge in [0.15, 0.2) is 0 Å². The van der Waals surface area contributed by atoms with Crippen LogP contribution in [0.15, 0.2) is 24.3 Å². The molecule has 3 atom stereocenters. The summed E-state index contributed by atoms with van der Waals surface area (Å²) in [4.78, 5) is 22.6. The molecule has 0 spiro atoms. The molecule has 0 heterocycles. The molecule has 0 aromatic heterocycles. The van der Waals surface area contributed by atoms with E-state index in [4.69, 9.17) is 4.74 Å². The molecular weight excluding hydrogens is 282 g/mol. The first kappa shape index (κ1) is 15.0. The summed E-state index contributed by atoms with van der Waals surface area (Å²) in [6.07, 6.45) is 3.31. The molecule has 5 nitrogen and oxygen atoms in total. The Balaban J connectivity index is 1.78. The third-order valence-electron chi connectivity index (χ3n) is 5.68. The minimum Gasteiger partial charge on any atom is -0.458 e.